The molecule has 2 N–H and O–H groups in total. The highest BCUT2D eigenvalue weighted by Crippen LogP contribution is 2.24. The Bertz CT molecular complexity index is 430. The van der Waals surface area contributed by atoms with E-state index in [-0.39, 0.29) is 12.5 Å². The first-order valence-corrected chi connectivity index (χ1v) is 6.75. The summed E-state index contributed by atoms with van der Waals surface area (Å²) in [4.78, 5) is 13.3. The minimum atomic E-state index is -0.668. The van der Waals surface area contributed by atoms with E-state index in [1.54, 1.807) is 0 Å². The summed E-state index contributed by atoms with van der Waals surface area (Å²) in [6.07, 6.45) is 1.46. The first kappa shape index (κ1) is 14.0. The van der Waals surface area contributed by atoms with Gasteiger partial charge in [-0.05, 0) is 37.4 Å². The van der Waals surface area contributed by atoms with Crippen LogP contribution in [0.1, 0.15) is 30.9 Å². The maximum absolute atomic E-state index is 11.0. The zero-order valence-electron chi connectivity index (χ0n) is 11.2. The van der Waals surface area contributed by atoms with Gasteiger partial charge in [0.2, 0.25) is 0 Å². The van der Waals surface area contributed by atoms with Crippen LogP contribution in [0, 0.1) is 5.92 Å². The molecule has 0 saturated carbocycles. The fourth-order valence-electron chi connectivity index (χ4n) is 2.66. The molecule has 19 heavy (non-hydrogen) atoms. The van der Waals surface area contributed by atoms with E-state index in [4.69, 9.17) is 10.2 Å². The number of aliphatic hydroxyl groups excluding tert-OH is 1. The Balaban J connectivity index is 1.94. The molecule has 0 aliphatic carbocycles. The molecule has 2 atom stereocenters. The lowest BCUT2D eigenvalue weighted by molar-refractivity contribution is -0.144. The summed E-state index contributed by atoms with van der Waals surface area (Å²) in [5.41, 5.74) is 2.12. The van der Waals surface area contributed by atoms with E-state index in [1.165, 1.54) is 5.56 Å². The molecule has 0 spiro atoms. The van der Waals surface area contributed by atoms with E-state index >= 15 is 0 Å². The first-order chi connectivity index (χ1) is 9.10. The fourth-order valence-corrected chi connectivity index (χ4v) is 2.66. The van der Waals surface area contributed by atoms with Crippen LogP contribution in [0.15, 0.2) is 24.3 Å². The molecule has 104 valence electrons. The highest BCUT2D eigenvalue weighted by Gasteiger charge is 2.29. The number of rotatable bonds is 4. The number of carboxylic acids is 1. The van der Waals surface area contributed by atoms with Crippen LogP contribution < -0.4 is 0 Å². The summed E-state index contributed by atoms with van der Waals surface area (Å²) in [6, 6.07) is 8.23. The standard InChI is InChI=1S/C15H21NO3/c1-11-8-14(15(18)19)6-7-16(11)9-12-2-4-13(10-17)5-3-12/h2-5,11,14,17H,6-10H2,1H3,(H,18,19). The van der Waals surface area contributed by atoms with Gasteiger partial charge in [0.25, 0.3) is 0 Å². The van der Waals surface area contributed by atoms with Crippen molar-refractivity contribution in [3.05, 3.63) is 35.4 Å². The van der Waals surface area contributed by atoms with E-state index in [0.717, 1.165) is 31.5 Å². The molecule has 1 heterocycles. The van der Waals surface area contributed by atoms with Gasteiger partial charge in [-0.15, -0.1) is 0 Å². The van der Waals surface area contributed by atoms with Crippen molar-refractivity contribution in [3.63, 3.8) is 0 Å². The Labute approximate surface area is 113 Å². The van der Waals surface area contributed by atoms with Gasteiger partial charge in [0.1, 0.15) is 0 Å². The molecular weight excluding hydrogens is 242 g/mol. The summed E-state index contributed by atoms with van der Waals surface area (Å²) in [6.45, 7) is 3.84. The lowest BCUT2D eigenvalue weighted by Gasteiger charge is -2.36. The summed E-state index contributed by atoms with van der Waals surface area (Å²) in [5.74, 6) is -0.859. The van der Waals surface area contributed by atoms with Crippen molar-refractivity contribution in [2.24, 2.45) is 5.92 Å². The lowest BCUT2D eigenvalue weighted by atomic mass is 9.91. The van der Waals surface area contributed by atoms with Gasteiger partial charge in [-0.2, -0.15) is 0 Å². The van der Waals surface area contributed by atoms with Crippen molar-refractivity contribution >= 4 is 5.97 Å². The molecule has 4 heteroatoms. The summed E-state index contributed by atoms with van der Waals surface area (Å²) < 4.78 is 0. The third-order valence-corrected chi connectivity index (χ3v) is 3.95. The van der Waals surface area contributed by atoms with Crippen molar-refractivity contribution in [3.8, 4) is 0 Å². The van der Waals surface area contributed by atoms with Gasteiger partial charge in [0.05, 0.1) is 12.5 Å². The minimum Gasteiger partial charge on any atom is -0.481 e. The first-order valence-electron chi connectivity index (χ1n) is 6.75. The average Bonchev–Trinajstić information content (AvgIpc) is 2.41. The van der Waals surface area contributed by atoms with Crippen molar-refractivity contribution in [1.29, 1.82) is 0 Å². The number of likely N-dealkylation sites (tertiary alicyclic amines) is 1. The predicted octanol–water partition coefficient (Wildman–Crippen LogP) is 1.86. The van der Waals surface area contributed by atoms with Crippen molar-refractivity contribution in [2.45, 2.75) is 39.0 Å². The number of aliphatic hydroxyl groups is 1. The number of carboxylic acid groups (broad SMARTS) is 1. The van der Waals surface area contributed by atoms with E-state index < -0.39 is 5.97 Å². The SMILES string of the molecule is CC1CC(C(=O)O)CCN1Cc1ccc(CO)cc1. The number of nitrogens with zero attached hydrogens (tertiary/aromatic N) is 1. The molecule has 4 nitrogen and oxygen atoms in total. The highest BCUT2D eigenvalue weighted by atomic mass is 16.4. The smallest absolute Gasteiger partial charge is 0.306 e. The van der Waals surface area contributed by atoms with Crippen molar-refractivity contribution < 1.29 is 15.0 Å². The van der Waals surface area contributed by atoms with Crippen LogP contribution in [0.3, 0.4) is 0 Å². The van der Waals surface area contributed by atoms with Crippen LogP contribution >= 0.6 is 0 Å². The molecule has 0 aromatic heterocycles. The quantitative estimate of drug-likeness (QED) is 0.870. The monoisotopic (exact) mass is 263 g/mol. The molecule has 1 aliphatic rings. The maximum Gasteiger partial charge on any atom is 0.306 e. The summed E-state index contributed by atoms with van der Waals surface area (Å²) in [5, 5.41) is 18.1. The Morgan fingerprint density at radius 2 is 1.95 bits per heavy atom. The number of aliphatic carboxylic acids is 1. The largest absolute Gasteiger partial charge is 0.481 e. The Morgan fingerprint density at radius 3 is 2.47 bits per heavy atom. The number of piperidine rings is 1. The Morgan fingerprint density at radius 1 is 1.32 bits per heavy atom. The van der Waals surface area contributed by atoms with Crippen molar-refractivity contribution in [2.75, 3.05) is 6.54 Å². The second-order valence-corrected chi connectivity index (χ2v) is 5.35. The predicted molar refractivity (Wildman–Crippen MR) is 72.6 cm³/mol. The molecule has 0 amide bonds. The third kappa shape index (κ3) is 3.55. The van der Waals surface area contributed by atoms with Gasteiger partial charge in [-0.1, -0.05) is 24.3 Å². The maximum atomic E-state index is 11.0. The third-order valence-electron chi connectivity index (χ3n) is 3.95. The molecule has 1 aromatic rings. The average molecular weight is 263 g/mol. The molecular formula is C15H21NO3. The molecule has 0 radical (unpaired) electrons. The molecule has 1 saturated heterocycles. The highest BCUT2D eigenvalue weighted by molar-refractivity contribution is 5.70. The fraction of sp³-hybridized carbons (Fsp3) is 0.533. The number of carbonyl (C=O) groups is 1. The number of hydrogen-bond acceptors (Lipinski definition) is 3. The number of hydrogen-bond donors (Lipinski definition) is 2. The second-order valence-electron chi connectivity index (χ2n) is 5.35. The second kappa shape index (κ2) is 6.17. The van der Waals surface area contributed by atoms with Gasteiger partial charge in [0, 0.05) is 12.6 Å². The zero-order chi connectivity index (χ0) is 13.8. The van der Waals surface area contributed by atoms with E-state index in [9.17, 15) is 4.79 Å². The minimum absolute atomic E-state index is 0.0701. The molecule has 2 unspecified atom stereocenters. The van der Waals surface area contributed by atoms with E-state index in [1.807, 2.05) is 24.3 Å². The van der Waals surface area contributed by atoms with Crippen LogP contribution in [0.2, 0.25) is 0 Å². The normalized spacial score (nSPS) is 24.3. The topological polar surface area (TPSA) is 60.8 Å². The molecule has 2 rings (SSSR count). The van der Waals surface area contributed by atoms with Crippen LogP contribution in [0.5, 0.6) is 0 Å². The lowest BCUT2D eigenvalue weighted by Crippen LogP contribution is -2.42. The summed E-state index contributed by atoms with van der Waals surface area (Å²) >= 11 is 0. The number of benzene rings is 1. The molecule has 0 bridgehead atoms. The van der Waals surface area contributed by atoms with Crippen LogP contribution in [-0.4, -0.2) is 33.7 Å². The van der Waals surface area contributed by atoms with Crippen LogP contribution in [-0.2, 0) is 17.9 Å². The molecule has 1 aliphatic heterocycles. The van der Waals surface area contributed by atoms with Crippen molar-refractivity contribution in [1.82, 2.24) is 4.90 Å². The van der Waals surface area contributed by atoms with Gasteiger partial charge in [0.15, 0.2) is 0 Å². The van der Waals surface area contributed by atoms with Gasteiger partial charge in [-0.25, -0.2) is 0 Å². The Hall–Kier alpha value is -1.39. The van der Waals surface area contributed by atoms with Crippen LogP contribution in [0.4, 0.5) is 0 Å². The molecule has 1 fully saturated rings. The van der Waals surface area contributed by atoms with Gasteiger partial charge < -0.3 is 10.2 Å². The summed E-state index contributed by atoms with van der Waals surface area (Å²) in [7, 11) is 0. The van der Waals surface area contributed by atoms with Gasteiger partial charge in [-0.3, -0.25) is 9.69 Å². The van der Waals surface area contributed by atoms with E-state index in [2.05, 4.69) is 11.8 Å². The van der Waals surface area contributed by atoms with E-state index in [0.29, 0.717) is 6.04 Å². The van der Waals surface area contributed by atoms with Gasteiger partial charge >= 0.3 is 5.97 Å². The van der Waals surface area contributed by atoms with Crippen LogP contribution in [0.25, 0.3) is 0 Å². The zero-order valence-corrected chi connectivity index (χ0v) is 11.2. The molecule has 1 aromatic carbocycles. The Kier molecular flexibility index (Phi) is 4.56.